The van der Waals surface area contributed by atoms with Crippen LogP contribution in [0.5, 0.6) is 0 Å². The standard InChI is InChI=1S/C15H22N4O2/c1-9(14(20)18-11-5-6-11)17-13-8-10(4-7-12(13)16)15(21)19(2)3/h4,7-9,11,17H,5-6,16H2,1-3H3,(H,18,20). The third kappa shape index (κ3) is 3.87. The largest absolute Gasteiger partial charge is 0.397 e. The van der Waals surface area contributed by atoms with Crippen molar-refractivity contribution in [1.29, 1.82) is 0 Å². The van der Waals surface area contributed by atoms with Gasteiger partial charge in [-0.05, 0) is 38.0 Å². The average Bonchev–Trinajstić information content (AvgIpc) is 3.24. The number of benzene rings is 1. The van der Waals surface area contributed by atoms with E-state index in [0.29, 0.717) is 23.0 Å². The number of nitrogens with zero attached hydrogens (tertiary/aromatic N) is 1. The molecule has 0 radical (unpaired) electrons. The molecule has 1 aromatic carbocycles. The summed E-state index contributed by atoms with van der Waals surface area (Å²) in [4.78, 5) is 25.4. The van der Waals surface area contributed by atoms with E-state index in [9.17, 15) is 9.59 Å². The summed E-state index contributed by atoms with van der Waals surface area (Å²) in [5.74, 6) is -0.158. The first kappa shape index (κ1) is 15.2. The maximum Gasteiger partial charge on any atom is 0.253 e. The van der Waals surface area contributed by atoms with Crippen LogP contribution in [0.1, 0.15) is 30.1 Å². The predicted octanol–water partition coefficient (Wildman–Crippen LogP) is 1.05. The molecule has 0 bridgehead atoms. The SMILES string of the molecule is CC(Nc1cc(C(=O)N(C)C)ccc1N)C(=O)NC1CC1. The van der Waals surface area contributed by atoms with E-state index in [0.717, 1.165) is 12.8 Å². The van der Waals surface area contributed by atoms with Crippen molar-refractivity contribution in [3.63, 3.8) is 0 Å². The molecule has 1 unspecified atom stereocenters. The van der Waals surface area contributed by atoms with Gasteiger partial charge in [0.05, 0.1) is 11.4 Å². The number of hydrogen-bond acceptors (Lipinski definition) is 4. The summed E-state index contributed by atoms with van der Waals surface area (Å²) in [6.45, 7) is 1.78. The molecule has 2 amide bonds. The normalized spacial score (nSPS) is 15.2. The van der Waals surface area contributed by atoms with Gasteiger partial charge in [-0.1, -0.05) is 0 Å². The Balaban J connectivity index is 2.09. The van der Waals surface area contributed by atoms with Crippen molar-refractivity contribution in [3.05, 3.63) is 23.8 Å². The minimum Gasteiger partial charge on any atom is -0.397 e. The van der Waals surface area contributed by atoms with Gasteiger partial charge in [0, 0.05) is 25.7 Å². The lowest BCUT2D eigenvalue weighted by Gasteiger charge is -2.18. The number of carbonyl (C=O) groups excluding carboxylic acids is 2. The fourth-order valence-electron chi connectivity index (χ4n) is 1.93. The molecule has 1 saturated carbocycles. The van der Waals surface area contributed by atoms with E-state index in [-0.39, 0.29) is 11.8 Å². The van der Waals surface area contributed by atoms with Gasteiger partial charge in [-0.15, -0.1) is 0 Å². The first-order chi connectivity index (χ1) is 9.88. The lowest BCUT2D eigenvalue weighted by Crippen LogP contribution is -2.38. The molecular formula is C15H22N4O2. The molecule has 2 rings (SSSR count). The van der Waals surface area contributed by atoms with Crippen LogP contribution >= 0.6 is 0 Å². The molecule has 1 fully saturated rings. The summed E-state index contributed by atoms with van der Waals surface area (Å²) in [5, 5.41) is 6.00. The van der Waals surface area contributed by atoms with Crippen molar-refractivity contribution < 1.29 is 9.59 Å². The molecule has 0 heterocycles. The predicted molar refractivity (Wildman–Crippen MR) is 83.1 cm³/mol. The number of amides is 2. The molecule has 0 spiro atoms. The van der Waals surface area contributed by atoms with Crippen molar-refractivity contribution >= 4 is 23.2 Å². The third-order valence-corrected chi connectivity index (χ3v) is 3.40. The Labute approximate surface area is 124 Å². The molecule has 0 aromatic heterocycles. The van der Waals surface area contributed by atoms with E-state index in [1.165, 1.54) is 4.90 Å². The zero-order chi connectivity index (χ0) is 15.6. The Hall–Kier alpha value is -2.24. The minimum atomic E-state index is -0.405. The molecule has 114 valence electrons. The van der Waals surface area contributed by atoms with Crippen molar-refractivity contribution in [3.8, 4) is 0 Å². The van der Waals surface area contributed by atoms with E-state index in [2.05, 4.69) is 10.6 Å². The number of anilines is 2. The van der Waals surface area contributed by atoms with Crippen LogP contribution < -0.4 is 16.4 Å². The molecule has 1 atom stereocenters. The maximum absolute atomic E-state index is 12.0. The van der Waals surface area contributed by atoms with Crippen LogP contribution in [0.15, 0.2) is 18.2 Å². The second-order valence-corrected chi connectivity index (χ2v) is 5.65. The molecule has 1 aliphatic rings. The van der Waals surface area contributed by atoms with Crippen LogP contribution in [0.2, 0.25) is 0 Å². The smallest absolute Gasteiger partial charge is 0.253 e. The van der Waals surface area contributed by atoms with Gasteiger partial charge in [0.1, 0.15) is 6.04 Å². The van der Waals surface area contributed by atoms with Gasteiger partial charge in [0.2, 0.25) is 5.91 Å². The number of rotatable bonds is 5. The quantitative estimate of drug-likeness (QED) is 0.707. The fraction of sp³-hybridized carbons (Fsp3) is 0.467. The Morgan fingerprint density at radius 3 is 2.57 bits per heavy atom. The highest BCUT2D eigenvalue weighted by Crippen LogP contribution is 2.22. The Morgan fingerprint density at radius 2 is 2.00 bits per heavy atom. The fourth-order valence-corrected chi connectivity index (χ4v) is 1.93. The molecular weight excluding hydrogens is 268 g/mol. The van der Waals surface area contributed by atoms with Crippen LogP contribution in [0.25, 0.3) is 0 Å². The van der Waals surface area contributed by atoms with E-state index < -0.39 is 6.04 Å². The topological polar surface area (TPSA) is 87.5 Å². The minimum absolute atomic E-state index is 0.0544. The monoisotopic (exact) mass is 290 g/mol. The number of hydrogen-bond donors (Lipinski definition) is 3. The van der Waals surface area contributed by atoms with Gasteiger partial charge in [-0.25, -0.2) is 0 Å². The molecule has 0 aliphatic heterocycles. The lowest BCUT2D eigenvalue weighted by atomic mass is 10.1. The van der Waals surface area contributed by atoms with Crippen LogP contribution in [-0.4, -0.2) is 42.9 Å². The van der Waals surface area contributed by atoms with E-state index >= 15 is 0 Å². The highest BCUT2D eigenvalue weighted by molar-refractivity contribution is 5.96. The Morgan fingerprint density at radius 1 is 1.33 bits per heavy atom. The van der Waals surface area contributed by atoms with E-state index in [1.54, 1.807) is 39.2 Å². The van der Waals surface area contributed by atoms with Crippen molar-refractivity contribution in [2.75, 3.05) is 25.1 Å². The second-order valence-electron chi connectivity index (χ2n) is 5.65. The maximum atomic E-state index is 12.0. The van der Waals surface area contributed by atoms with Crippen LogP contribution in [-0.2, 0) is 4.79 Å². The van der Waals surface area contributed by atoms with Crippen molar-refractivity contribution in [2.45, 2.75) is 31.8 Å². The molecule has 6 heteroatoms. The van der Waals surface area contributed by atoms with Crippen LogP contribution in [0.4, 0.5) is 11.4 Å². The summed E-state index contributed by atoms with van der Waals surface area (Å²) >= 11 is 0. The summed E-state index contributed by atoms with van der Waals surface area (Å²) in [6, 6.07) is 4.94. The highest BCUT2D eigenvalue weighted by atomic mass is 16.2. The van der Waals surface area contributed by atoms with Crippen LogP contribution in [0.3, 0.4) is 0 Å². The number of nitrogens with one attached hydrogen (secondary N) is 2. The Kier molecular flexibility index (Phi) is 4.35. The van der Waals surface area contributed by atoms with Crippen molar-refractivity contribution in [1.82, 2.24) is 10.2 Å². The first-order valence-corrected chi connectivity index (χ1v) is 7.06. The molecule has 0 saturated heterocycles. The van der Waals surface area contributed by atoms with E-state index in [1.807, 2.05) is 0 Å². The first-order valence-electron chi connectivity index (χ1n) is 7.06. The van der Waals surface area contributed by atoms with Gasteiger partial charge >= 0.3 is 0 Å². The number of carbonyl (C=O) groups is 2. The Bertz CT molecular complexity index is 553. The summed E-state index contributed by atoms with van der Waals surface area (Å²) in [7, 11) is 3.38. The van der Waals surface area contributed by atoms with E-state index in [4.69, 9.17) is 5.73 Å². The van der Waals surface area contributed by atoms with Gasteiger partial charge in [0.15, 0.2) is 0 Å². The summed E-state index contributed by atoms with van der Waals surface area (Å²) in [6.07, 6.45) is 2.10. The molecule has 1 aliphatic carbocycles. The average molecular weight is 290 g/mol. The van der Waals surface area contributed by atoms with Crippen LogP contribution in [0, 0.1) is 0 Å². The summed E-state index contributed by atoms with van der Waals surface area (Å²) in [5.41, 5.74) is 7.55. The molecule has 6 nitrogen and oxygen atoms in total. The second kappa shape index (κ2) is 6.03. The number of nitrogens with two attached hydrogens (primary N) is 1. The lowest BCUT2D eigenvalue weighted by molar-refractivity contribution is -0.121. The van der Waals surface area contributed by atoms with Crippen molar-refractivity contribution in [2.24, 2.45) is 0 Å². The molecule has 21 heavy (non-hydrogen) atoms. The van der Waals surface area contributed by atoms with Gasteiger partial charge in [-0.3, -0.25) is 9.59 Å². The summed E-state index contributed by atoms with van der Waals surface area (Å²) < 4.78 is 0. The molecule has 4 N–H and O–H groups in total. The number of nitrogen functional groups attached to an aromatic ring is 1. The van der Waals surface area contributed by atoms with Gasteiger partial charge < -0.3 is 21.3 Å². The highest BCUT2D eigenvalue weighted by Gasteiger charge is 2.25. The van der Waals surface area contributed by atoms with Gasteiger partial charge in [0.25, 0.3) is 5.91 Å². The zero-order valence-corrected chi connectivity index (χ0v) is 12.6. The molecule has 1 aromatic rings. The third-order valence-electron chi connectivity index (χ3n) is 3.40. The van der Waals surface area contributed by atoms with Gasteiger partial charge in [-0.2, -0.15) is 0 Å². The zero-order valence-electron chi connectivity index (χ0n) is 12.6.